The lowest BCUT2D eigenvalue weighted by molar-refractivity contribution is -0.134. The van der Waals surface area contributed by atoms with Gasteiger partial charge in [0.2, 0.25) is 0 Å². The number of Topliss-reactive ketones (excluding diaryl/α,β-unsaturated/α-hetero) is 1. The second-order valence-electron chi connectivity index (χ2n) is 5.44. The number of rotatable bonds is 5. The molecule has 3 nitrogen and oxygen atoms in total. The molecule has 1 atom stereocenters. The van der Waals surface area contributed by atoms with Crippen LogP contribution in [0.3, 0.4) is 0 Å². The molecule has 0 saturated heterocycles. The molecule has 0 amide bonds. The van der Waals surface area contributed by atoms with Crippen LogP contribution in [0.2, 0.25) is 0 Å². The van der Waals surface area contributed by atoms with Gasteiger partial charge in [-0.15, -0.1) is 0 Å². The van der Waals surface area contributed by atoms with Crippen molar-refractivity contribution in [2.45, 2.75) is 33.3 Å². The van der Waals surface area contributed by atoms with Crippen LogP contribution in [0, 0.1) is 5.41 Å². The van der Waals surface area contributed by atoms with E-state index in [1.807, 2.05) is 45.0 Å². The molecule has 0 radical (unpaired) electrons. The Bertz CT molecular complexity index is 404. The zero-order valence-electron chi connectivity index (χ0n) is 11.8. The summed E-state index contributed by atoms with van der Waals surface area (Å²) in [6.07, 6.45) is -0.0674. The summed E-state index contributed by atoms with van der Waals surface area (Å²) in [5.41, 5.74) is 0.699. The zero-order valence-corrected chi connectivity index (χ0v) is 11.8. The Morgan fingerprint density at radius 3 is 2.33 bits per heavy atom. The normalized spacial score (nSPS) is 13.2. The Balaban J connectivity index is 2.87. The maximum absolute atomic E-state index is 12.3. The molecule has 0 aliphatic rings. The third-order valence-corrected chi connectivity index (χ3v) is 2.87. The van der Waals surface area contributed by atoms with Crippen molar-refractivity contribution in [3.05, 3.63) is 29.8 Å². The topological polar surface area (TPSA) is 35.5 Å². The van der Waals surface area contributed by atoms with Gasteiger partial charge in [0.1, 0.15) is 11.9 Å². The first-order chi connectivity index (χ1) is 8.40. The summed E-state index contributed by atoms with van der Waals surface area (Å²) in [4.78, 5) is 12.3. The standard InChI is InChI=1S/C15H22O3/c1-15(2,3)14(18-5)12(16)10-11-8-6-7-9-13(11)17-4/h6-9,14H,10H2,1-5H3. The number of ketones is 1. The maximum Gasteiger partial charge on any atom is 0.166 e. The Morgan fingerprint density at radius 2 is 1.83 bits per heavy atom. The van der Waals surface area contributed by atoms with Crippen LogP contribution in [0.1, 0.15) is 26.3 Å². The molecular weight excluding hydrogens is 228 g/mol. The fourth-order valence-corrected chi connectivity index (χ4v) is 2.10. The van der Waals surface area contributed by atoms with Crippen molar-refractivity contribution in [1.29, 1.82) is 0 Å². The maximum atomic E-state index is 12.3. The fourth-order valence-electron chi connectivity index (χ4n) is 2.10. The minimum absolute atomic E-state index is 0.0782. The third-order valence-electron chi connectivity index (χ3n) is 2.87. The van der Waals surface area contributed by atoms with Gasteiger partial charge in [0, 0.05) is 19.1 Å². The van der Waals surface area contributed by atoms with E-state index in [0.29, 0.717) is 6.42 Å². The Labute approximate surface area is 109 Å². The first-order valence-corrected chi connectivity index (χ1v) is 6.07. The number of methoxy groups -OCH3 is 2. The molecule has 0 spiro atoms. The summed E-state index contributed by atoms with van der Waals surface area (Å²) >= 11 is 0. The van der Waals surface area contributed by atoms with Gasteiger partial charge in [-0.3, -0.25) is 4.79 Å². The van der Waals surface area contributed by atoms with E-state index in [-0.39, 0.29) is 11.2 Å². The second kappa shape index (κ2) is 6.01. The molecule has 1 aromatic carbocycles. The zero-order chi connectivity index (χ0) is 13.8. The van der Waals surface area contributed by atoms with Crippen LogP contribution in [0.25, 0.3) is 0 Å². The average molecular weight is 250 g/mol. The van der Waals surface area contributed by atoms with Gasteiger partial charge in [0.05, 0.1) is 7.11 Å². The van der Waals surface area contributed by atoms with E-state index >= 15 is 0 Å². The van der Waals surface area contributed by atoms with E-state index in [9.17, 15) is 4.79 Å². The minimum Gasteiger partial charge on any atom is -0.496 e. The summed E-state index contributed by atoms with van der Waals surface area (Å²) in [5, 5.41) is 0. The molecule has 0 bridgehead atoms. The highest BCUT2D eigenvalue weighted by Crippen LogP contribution is 2.25. The van der Waals surface area contributed by atoms with Gasteiger partial charge in [-0.25, -0.2) is 0 Å². The van der Waals surface area contributed by atoms with E-state index in [0.717, 1.165) is 11.3 Å². The molecule has 1 unspecified atom stereocenters. The quantitative estimate of drug-likeness (QED) is 0.806. The van der Waals surface area contributed by atoms with Gasteiger partial charge in [-0.2, -0.15) is 0 Å². The summed E-state index contributed by atoms with van der Waals surface area (Å²) in [7, 11) is 3.19. The highest BCUT2D eigenvalue weighted by atomic mass is 16.5. The predicted octanol–water partition coefficient (Wildman–Crippen LogP) is 2.87. The number of para-hydroxylation sites is 1. The van der Waals surface area contributed by atoms with Crippen molar-refractivity contribution in [2.24, 2.45) is 5.41 Å². The van der Waals surface area contributed by atoms with Gasteiger partial charge < -0.3 is 9.47 Å². The molecule has 0 heterocycles. The van der Waals surface area contributed by atoms with Crippen LogP contribution in [0.4, 0.5) is 0 Å². The molecule has 0 N–H and O–H groups in total. The molecular formula is C15H22O3. The third kappa shape index (κ3) is 3.57. The molecule has 18 heavy (non-hydrogen) atoms. The second-order valence-corrected chi connectivity index (χ2v) is 5.44. The SMILES string of the molecule is COc1ccccc1CC(=O)C(OC)C(C)(C)C. The van der Waals surface area contributed by atoms with Gasteiger partial charge in [-0.1, -0.05) is 39.0 Å². The molecule has 1 rings (SSSR count). The number of hydrogen-bond acceptors (Lipinski definition) is 3. The molecule has 100 valence electrons. The number of carbonyl (C=O) groups excluding carboxylic acids is 1. The van der Waals surface area contributed by atoms with Gasteiger partial charge in [-0.05, 0) is 11.5 Å². The van der Waals surface area contributed by atoms with Crippen LogP contribution < -0.4 is 4.74 Å². The largest absolute Gasteiger partial charge is 0.496 e. The van der Waals surface area contributed by atoms with Gasteiger partial charge in [0.25, 0.3) is 0 Å². The first kappa shape index (κ1) is 14.7. The molecule has 0 aliphatic carbocycles. The fraction of sp³-hybridized carbons (Fsp3) is 0.533. The lowest BCUT2D eigenvalue weighted by Crippen LogP contribution is -2.37. The van der Waals surface area contributed by atoms with Crippen molar-refractivity contribution in [1.82, 2.24) is 0 Å². The Hall–Kier alpha value is -1.35. The number of benzene rings is 1. The minimum atomic E-state index is -0.401. The van der Waals surface area contributed by atoms with E-state index in [2.05, 4.69) is 0 Å². The number of carbonyl (C=O) groups is 1. The molecule has 0 aliphatic heterocycles. The first-order valence-electron chi connectivity index (χ1n) is 6.07. The van der Waals surface area contributed by atoms with Gasteiger partial charge in [0.15, 0.2) is 5.78 Å². The summed E-state index contributed by atoms with van der Waals surface area (Å²) < 4.78 is 10.6. The average Bonchev–Trinajstić information content (AvgIpc) is 2.28. The lowest BCUT2D eigenvalue weighted by Gasteiger charge is -2.28. The monoisotopic (exact) mass is 250 g/mol. The highest BCUT2D eigenvalue weighted by Gasteiger charge is 2.31. The molecule has 0 saturated carbocycles. The molecule has 0 fully saturated rings. The van der Waals surface area contributed by atoms with Crippen molar-refractivity contribution in [3.63, 3.8) is 0 Å². The van der Waals surface area contributed by atoms with Crippen LogP contribution >= 0.6 is 0 Å². The van der Waals surface area contributed by atoms with Crippen LogP contribution in [0.5, 0.6) is 5.75 Å². The molecule has 3 heteroatoms. The molecule has 0 aromatic heterocycles. The predicted molar refractivity (Wildman–Crippen MR) is 72.0 cm³/mol. The summed E-state index contributed by atoms with van der Waals surface area (Å²) in [6.45, 7) is 6.00. The van der Waals surface area contributed by atoms with E-state index < -0.39 is 6.10 Å². The van der Waals surface area contributed by atoms with E-state index in [1.165, 1.54) is 0 Å². The van der Waals surface area contributed by atoms with Crippen LogP contribution in [-0.4, -0.2) is 26.1 Å². The lowest BCUT2D eigenvalue weighted by atomic mass is 9.84. The van der Waals surface area contributed by atoms with Crippen LogP contribution in [0.15, 0.2) is 24.3 Å². The van der Waals surface area contributed by atoms with Crippen molar-refractivity contribution < 1.29 is 14.3 Å². The summed E-state index contributed by atoms with van der Waals surface area (Å²) in [6, 6.07) is 7.57. The van der Waals surface area contributed by atoms with Gasteiger partial charge >= 0.3 is 0 Å². The number of ether oxygens (including phenoxy) is 2. The van der Waals surface area contributed by atoms with Crippen molar-refractivity contribution in [3.8, 4) is 5.75 Å². The van der Waals surface area contributed by atoms with Crippen molar-refractivity contribution >= 4 is 5.78 Å². The smallest absolute Gasteiger partial charge is 0.166 e. The molecule has 1 aromatic rings. The Kier molecular flexibility index (Phi) is 4.91. The summed E-state index contributed by atoms with van der Waals surface area (Å²) in [5.74, 6) is 0.823. The van der Waals surface area contributed by atoms with E-state index in [4.69, 9.17) is 9.47 Å². The van der Waals surface area contributed by atoms with Crippen LogP contribution in [-0.2, 0) is 16.0 Å². The number of hydrogen-bond donors (Lipinski definition) is 0. The Morgan fingerprint density at radius 1 is 1.22 bits per heavy atom. The van der Waals surface area contributed by atoms with Crippen molar-refractivity contribution in [2.75, 3.05) is 14.2 Å². The van der Waals surface area contributed by atoms with E-state index in [1.54, 1.807) is 14.2 Å². The highest BCUT2D eigenvalue weighted by molar-refractivity contribution is 5.86.